The van der Waals surface area contributed by atoms with E-state index in [1.54, 1.807) is 0 Å². The minimum atomic E-state index is 0.607. The van der Waals surface area contributed by atoms with Gasteiger partial charge >= 0.3 is 0 Å². The average Bonchev–Trinajstić information content (AvgIpc) is 2.95. The topological polar surface area (TPSA) is 49.9 Å². The van der Waals surface area contributed by atoms with E-state index in [-0.39, 0.29) is 0 Å². The van der Waals surface area contributed by atoms with Crippen molar-refractivity contribution >= 4 is 0 Å². The highest BCUT2D eigenvalue weighted by molar-refractivity contribution is 5.62. The number of hydrogen-bond donors (Lipinski definition) is 2. The molecule has 120 valence electrons. The summed E-state index contributed by atoms with van der Waals surface area (Å²) in [7, 11) is 0. The second-order valence-corrected chi connectivity index (χ2v) is 6.14. The van der Waals surface area contributed by atoms with E-state index >= 15 is 0 Å². The van der Waals surface area contributed by atoms with E-state index in [1.165, 1.54) is 16.7 Å². The quantitative estimate of drug-likeness (QED) is 0.697. The average molecular weight is 301 g/mol. The number of benzene rings is 1. The van der Waals surface area contributed by atoms with Crippen LogP contribution >= 0.6 is 0 Å². The smallest absolute Gasteiger partial charge is 0.0695 e. The van der Waals surface area contributed by atoms with Crippen LogP contribution in [-0.2, 0) is 11.3 Å². The minimum absolute atomic E-state index is 0.607. The molecule has 4 nitrogen and oxygen atoms in total. The van der Waals surface area contributed by atoms with Gasteiger partial charge in [-0.05, 0) is 31.4 Å². The summed E-state index contributed by atoms with van der Waals surface area (Å²) in [6.45, 7) is 9.88. The SMILES string of the molecule is Cc1ccc(-c2[nH]ncc2CNCCCOCC(C)C)cc1. The fourth-order valence-electron chi connectivity index (χ4n) is 2.26. The summed E-state index contributed by atoms with van der Waals surface area (Å²) >= 11 is 0. The molecular weight excluding hydrogens is 274 g/mol. The van der Waals surface area contributed by atoms with E-state index in [0.29, 0.717) is 5.92 Å². The predicted molar refractivity (Wildman–Crippen MR) is 90.7 cm³/mol. The zero-order chi connectivity index (χ0) is 15.8. The van der Waals surface area contributed by atoms with Gasteiger partial charge in [0.05, 0.1) is 11.9 Å². The lowest BCUT2D eigenvalue weighted by atomic mass is 10.1. The van der Waals surface area contributed by atoms with Gasteiger partial charge in [-0.15, -0.1) is 0 Å². The van der Waals surface area contributed by atoms with Crippen molar-refractivity contribution in [1.29, 1.82) is 0 Å². The molecule has 0 unspecified atom stereocenters. The number of hydrogen-bond acceptors (Lipinski definition) is 3. The maximum atomic E-state index is 5.58. The van der Waals surface area contributed by atoms with Crippen molar-refractivity contribution in [3.8, 4) is 11.3 Å². The van der Waals surface area contributed by atoms with Crippen molar-refractivity contribution in [2.75, 3.05) is 19.8 Å². The summed E-state index contributed by atoms with van der Waals surface area (Å²) in [6, 6.07) is 8.51. The lowest BCUT2D eigenvalue weighted by Crippen LogP contribution is -2.17. The van der Waals surface area contributed by atoms with Crippen LogP contribution in [0, 0.1) is 12.8 Å². The minimum Gasteiger partial charge on any atom is -0.381 e. The monoisotopic (exact) mass is 301 g/mol. The molecule has 0 fully saturated rings. The molecule has 1 heterocycles. The number of rotatable bonds is 9. The third kappa shape index (κ3) is 5.28. The normalized spacial score (nSPS) is 11.3. The van der Waals surface area contributed by atoms with Gasteiger partial charge in [-0.1, -0.05) is 43.7 Å². The Bertz CT molecular complexity index is 546. The Hall–Kier alpha value is -1.65. The zero-order valence-corrected chi connectivity index (χ0v) is 13.9. The molecule has 22 heavy (non-hydrogen) atoms. The highest BCUT2D eigenvalue weighted by Gasteiger charge is 2.07. The van der Waals surface area contributed by atoms with Crippen LogP contribution in [0.15, 0.2) is 30.5 Å². The van der Waals surface area contributed by atoms with Crippen LogP contribution in [0.3, 0.4) is 0 Å². The van der Waals surface area contributed by atoms with Crippen LogP contribution in [0.5, 0.6) is 0 Å². The highest BCUT2D eigenvalue weighted by Crippen LogP contribution is 2.21. The van der Waals surface area contributed by atoms with Crippen LogP contribution in [0.1, 0.15) is 31.4 Å². The van der Waals surface area contributed by atoms with Crippen LogP contribution in [0.25, 0.3) is 11.3 Å². The van der Waals surface area contributed by atoms with Gasteiger partial charge in [-0.3, -0.25) is 5.10 Å². The first kappa shape index (κ1) is 16.7. The summed E-state index contributed by atoms with van der Waals surface area (Å²) in [5.41, 5.74) is 4.75. The molecule has 0 aliphatic rings. The Morgan fingerprint density at radius 2 is 2.00 bits per heavy atom. The van der Waals surface area contributed by atoms with E-state index in [2.05, 4.69) is 60.6 Å². The Morgan fingerprint density at radius 1 is 1.23 bits per heavy atom. The molecule has 0 aliphatic carbocycles. The van der Waals surface area contributed by atoms with Gasteiger partial charge in [0.25, 0.3) is 0 Å². The number of aryl methyl sites for hydroxylation is 1. The Labute approximate surface area is 133 Å². The summed E-state index contributed by atoms with van der Waals surface area (Å²) in [5, 5.41) is 10.7. The molecule has 1 aromatic carbocycles. The molecule has 2 N–H and O–H groups in total. The molecule has 4 heteroatoms. The lowest BCUT2D eigenvalue weighted by Gasteiger charge is -2.08. The predicted octanol–water partition coefficient (Wildman–Crippen LogP) is 3.54. The van der Waals surface area contributed by atoms with E-state index in [0.717, 1.165) is 38.4 Å². The van der Waals surface area contributed by atoms with Crippen molar-refractivity contribution in [3.05, 3.63) is 41.6 Å². The highest BCUT2D eigenvalue weighted by atomic mass is 16.5. The summed E-state index contributed by atoms with van der Waals surface area (Å²) in [5.74, 6) is 0.607. The van der Waals surface area contributed by atoms with Gasteiger partial charge in [-0.25, -0.2) is 0 Å². The number of nitrogens with zero attached hydrogens (tertiary/aromatic N) is 1. The summed E-state index contributed by atoms with van der Waals surface area (Å²) < 4.78 is 5.58. The number of nitrogens with one attached hydrogen (secondary N) is 2. The van der Waals surface area contributed by atoms with Crippen molar-refractivity contribution in [2.45, 2.75) is 33.7 Å². The molecule has 0 saturated carbocycles. The molecule has 0 aliphatic heterocycles. The first-order chi connectivity index (χ1) is 10.7. The van der Waals surface area contributed by atoms with E-state index < -0.39 is 0 Å². The van der Waals surface area contributed by atoms with Crippen molar-refractivity contribution in [3.63, 3.8) is 0 Å². The number of aromatic amines is 1. The fourth-order valence-corrected chi connectivity index (χ4v) is 2.26. The van der Waals surface area contributed by atoms with Gasteiger partial charge in [0.1, 0.15) is 0 Å². The summed E-state index contributed by atoms with van der Waals surface area (Å²) in [4.78, 5) is 0. The molecule has 0 bridgehead atoms. The van der Waals surface area contributed by atoms with E-state index in [1.807, 2.05) is 6.20 Å². The van der Waals surface area contributed by atoms with Crippen LogP contribution in [-0.4, -0.2) is 30.0 Å². The maximum absolute atomic E-state index is 5.58. The lowest BCUT2D eigenvalue weighted by molar-refractivity contribution is 0.108. The second kappa shape index (κ2) is 8.71. The largest absolute Gasteiger partial charge is 0.381 e. The van der Waals surface area contributed by atoms with Crippen molar-refractivity contribution in [2.24, 2.45) is 5.92 Å². The third-order valence-electron chi connectivity index (χ3n) is 3.47. The second-order valence-electron chi connectivity index (χ2n) is 6.14. The molecule has 2 rings (SSSR count). The molecule has 2 aromatic rings. The molecule has 0 amide bonds. The van der Waals surface area contributed by atoms with Crippen LogP contribution in [0.2, 0.25) is 0 Å². The van der Waals surface area contributed by atoms with Gasteiger partial charge in [0, 0.05) is 25.3 Å². The summed E-state index contributed by atoms with van der Waals surface area (Å²) in [6.07, 6.45) is 2.93. The van der Waals surface area contributed by atoms with Crippen molar-refractivity contribution < 1.29 is 4.74 Å². The third-order valence-corrected chi connectivity index (χ3v) is 3.47. The molecular formula is C18H27N3O. The van der Waals surface area contributed by atoms with Gasteiger partial charge in [-0.2, -0.15) is 5.10 Å². The van der Waals surface area contributed by atoms with Crippen LogP contribution < -0.4 is 5.32 Å². The molecule has 0 atom stereocenters. The molecule has 1 aromatic heterocycles. The van der Waals surface area contributed by atoms with Crippen molar-refractivity contribution in [1.82, 2.24) is 15.5 Å². The molecule has 0 saturated heterocycles. The fraction of sp³-hybridized carbons (Fsp3) is 0.500. The number of aromatic nitrogens is 2. The zero-order valence-electron chi connectivity index (χ0n) is 13.9. The molecule has 0 radical (unpaired) electrons. The van der Waals surface area contributed by atoms with Gasteiger partial charge in [0.2, 0.25) is 0 Å². The standard InChI is InChI=1S/C18H27N3O/c1-14(2)13-22-10-4-9-19-11-17-12-20-21-18(17)16-7-5-15(3)6-8-16/h5-8,12,14,19H,4,9-11,13H2,1-3H3,(H,20,21). The first-order valence-electron chi connectivity index (χ1n) is 8.04. The first-order valence-corrected chi connectivity index (χ1v) is 8.04. The van der Waals surface area contributed by atoms with E-state index in [4.69, 9.17) is 4.74 Å². The Kier molecular flexibility index (Phi) is 6.62. The number of H-pyrrole nitrogens is 1. The Balaban J connectivity index is 1.75. The van der Waals surface area contributed by atoms with Crippen LogP contribution in [0.4, 0.5) is 0 Å². The molecule has 0 spiro atoms. The Morgan fingerprint density at radius 3 is 2.73 bits per heavy atom. The number of ether oxygens (including phenoxy) is 1. The maximum Gasteiger partial charge on any atom is 0.0695 e. The van der Waals surface area contributed by atoms with E-state index in [9.17, 15) is 0 Å². The van der Waals surface area contributed by atoms with Gasteiger partial charge in [0.15, 0.2) is 0 Å². The van der Waals surface area contributed by atoms with Gasteiger partial charge < -0.3 is 10.1 Å².